The van der Waals surface area contributed by atoms with Gasteiger partial charge in [-0.3, -0.25) is 0 Å². The predicted molar refractivity (Wildman–Crippen MR) is 63.4 cm³/mol. The van der Waals surface area contributed by atoms with Crippen LogP contribution in [0, 0.1) is 6.92 Å². The average Bonchev–Trinajstić information content (AvgIpc) is 3.08. The van der Waals surface area contributed by atoms with Crippen molar-refractivity contribution >= 4 is 17.7 Å². The molecule has 0 bridgehead atoms. The highest BCUT2D eigenvalue weighted by atomic mass is 32.2. The van der Waals surface area contributed by atoms with Crippen molar-refractivity contribution in [2.75, 3.05) is 13.0 Å². The molecule has 5 nitrogen and oxygen atoms in total. The molecule has 17 heavy (non-hydrogen) atoms. The van der Waals surface area contributed by atoms with Crippen LogP contribution in [-0.4, -0.2) is 34.1 Å². The molecule has 1 heterocycles. The number of methoxy groups -OCH3 is 1. The fourth-order valence-electron chi connectivity index (χ4n) is 1.56. The summed E-state index contributed by atoms with van der Waals surface area (Å²) in [6, 6.07) is 0. The van der Waals surface area contributed by atoms with Gasteiger partial charge in [-0.05, 0) is 19.8 Å². The third kappa shape index (κ3) is 2.76. The normalized spacial score (nSPS) is 14.9. The summed E-state index contributed by atoms with van der Waals surface area (Å²) in [5.74, 6) is 0.592. The highest BCUT2D eigenvalue weighted by Gasteiger charge is 2.29. The number of carbonyl (C=O) groups is 1. The van der Waals surface area contributed by atoms with E-state index in [4.69, 9.17) is 9.84 Å². The first-order valence-electron chi connectivity index (χ1n) is 5.37. The molecule has 92 valence electrons. The van der Waals surface area contributed by atoms with Gasteiger partial charge >= 0.3 is 5.97 Å². The predicted octanol–water partition coefficient (Wildman–Crippen LogP) is 2.06. The van der Waals surface area contributed by atoms with Crippen molar-refractivity contribution in [1.82, 2.24) is 9.97 Å². The van der Waals surface area contributed by atoms with Gasteiger partial charge in [0.1, 0.15) is 16.4 Å². The van der Waals surface area contributed by atoms with Crippen LogP contribution in [0.15, 0.2) is 5.03 Å². The smallest absolute Gasteiger partial charge is 0.340 e. The molecule has 0 atom stereocenters. The first kappa shape index (κ1) is 12.3. The van der Waals surface area contributed by atoms with Crippen LogP contribution < -0.4 is 0 Å². The van der Waals surface area contributed by atoms with Gasteiger partial charge in [0, 0.05) is 13.0 Å². The van der Waals surface area contributed by atoms with E-state index in [1.165, 1.54) is 11.8 Å². The molecule has 1 aromatic rings. The number of hydrogen-bond acceptors (Lipinski definition) is 5. The SMILES string of the molecule is COCSc1nc(C2CC2)nc(C)c1C(=O)O. The molecule has 0 unspecified atom stereocenters. The number of ether oxygens (including phenoxy) is 1. The zero-order chi connectivity index (χ0) is 12.4. The number of hydrogen-bond donors (Lipinski definition) is 1. The van der Waals surface area contributed by atoms with Gasteiger partial charge in [0.25, 0.3) is 0 Å². The van der Waals surface area contributed by atoms with E-state index < -0.39 is 5.97 Å². The maximum Gasteiger partial charge on any atom is 0.340 e. The number of nitrogens with zero attached hydrogens (tertiary/aromatic N) is 2. The standard InChI is InChI=1S/C11H14N2O3S/c1-6-8(11(14)15)10(17-5-16-2)13-9(12-6)7-3-4-7/h7H,3-5H2,1-2H3,(H,14,15). The minimum Gasteiger partial charge on any atom is -0.478 e. The molecule has 0 aliphatic heterocycles. The summed E-state index contributed by atoms with van der Waals surface area (Å²) in [6.45, 7) is 1.72. The third-order valence-corrected chi connectivity index (χ3v) is 3.47. The van der Waals surface area contributed by atoms with E-state index in [0.717, 1.165) is 18.7 Å². The molecule has 6 heteroatoms. The maximum atomic E-state index is 11.2. The Hall–Kier alpha value is -1.14. The number of carboxylic acid groups (broad SMARTS) is 1. The largest absolute Gasteiger partial charge is 0.478 e. The van der Waals surface area contributed by atoms with Crippen molar-refractivity contribution < 1.29 is 14.6 Å². The lowest BCUT2D eigenvalue weighted by Gasteiger charge is -2.09. The maximum absolute atomic E-state index is 11.2. The first-order valence-corrected chi connectivity index (χ1v) is 6.35. The summed E-state index contributed by atoms with van der Waals surface area (Å²) < 4.78 is 4.95. The zero-order valence-electron chi connectivity index (χ0n) is 9.77. The van der Waals surface area contributed by atoms with Gasteiger partial charge in [-0.25, -0.2) is 14.8 Å². The van der Waals surface area contributed by atoms with Crippen molar-refractivity contribution in [2.45, 2.75) is 30.7 Å². The van der Waals surface area contributed by atoms with Gasteiger partial charge in [-0.2, -0.15) is 0 Å². The van der Waals surface area contributed by atoms with Gasteiger partial charge in [-0.15, -0.1) is 0 Å². The van der Waals surface area contributed by atoms with Gasteiger partial charge in [0.2, 0.25) is 0 Å². The van der Waals surface area contributed by atoms with Crippen molar-refractivity contribution in [3.05, 3.63) is 17.1 Å². The Morgan fingerprint density at radius 1 is 1.53 bits per heavy atom. The molecule has 2 rings (SSSR count). The van der Waals surface area contributed by atoms with E-state index in [0.29, 0.717) is 22.6 Å². The second-order valence-corrected chi connectivity index (χ2v) is 4.89. The monoisotopic (exact) mass is 254 g/mol. The van der Waals surface area contributed by atoms with Crippen molar-refractivity contribution in [3.8, 4) is 0 Å². The van der Waals surface area contributed by atoms with E-state index in [9.17, 15) is 4.79 Å². The summed E-state index contributed by atoms with van der Waals surface area (Å²) in [5.41, 5.74) is 0.726. The molecule has 0 spiro atoms. The van der Waals surface area contributed by atoms with E-state index >= 15 is 0 Å². The van der Waals surface area contributed by atoms with Crippen molar-refractivity contribution in [2.24, 2.45) is 0 Å². The fourth-order valence-corrected chi connectivity index (χ4v) is 2.32. The molecule has 1 N–H and O–H groups in total. The van der Waals surface area contributed by atoms with E-state index in [2.05, 4.69) is 9.97 Å². The molecule has 1 aromatic heterocycles. The molecule has 1 aliphatic carbocycles. The lowest BCUT2D eigenvalue weighted by Crippen LogP contribution is -2.09. The van der Waals surface area contributed by atoms with E-state index in [1.807, 2.05) is 0 Å². The van der Waals surface area contributed by atoms with E-state index in [1.54, 1.807) is 14.0 Å². The lowest BCUT2D eigenvalue weighted by atomic mass is 10.2. The van der Waals surface area contributed by atoms with Crippen LogP contribution in [0.1, 0.15) is 40.6 Å². The summed E-state index contributed by atoms with van der Waals surface area (Å²) >= 11 is 1.29. The van der Waals surface area contributed by atoms with Crippen LogP contribution in [0.2, 0.25) is 0 Å². The van der Waals surface area contributed by atoms with Gasteiger partial charge in [0.15, 0.2) is 0 Å². The summed E-state index contributed by atoms with van der Waals surface area (Å²) in [4.78, 5) is 19.8. The van der Waals surface area contributed by atoms with Crippen molar-refractivity contribution in [1.29, 1.82) is 0 Å². The number of rotatable bonds is 5. The fraction of sp³-hybridized carbons (Fsp3) is 0.545. The highest BCUT2D eigenvalue weighted by Crippen LogP contribution is 2.39. The van der Waals surface area contributed by atoms with E-state index in [-0.39, 0.29) is 5.56 Å². The Morgan fingerprint density at radius 2 is 2.24 bits per heavy atom. The number of thioether (sulfide) groups is 1. The topological polar surface area (TPSA) is 72.3 Å². The lowest BCUT2D eigenvalue weighted by molar-refractivity contribution is 0.0690. The Bertz CT molecular complexity index is 447. The van der Waals surface area contributed by atoms with Crippen LogP contribution in [0.25, 0.3) is 0 Å². The molecule has 1 fully saturated rings. The number of carboxylic acids is 1. The first-order chi connectivity index (χ1) is 8.13. The van der Waals surface area contributed by atoms with Gasteiger partial charge in [-0.1, -0.05) is 11.8 Å². The Kier molecular flexibility index (Phi) is 3.63. The molecular weight excluding hydrogens is 240 g/mol. The van der Waals surface area contributed by atoms with Crippen LogP contribution >= 0.6 is 11.8 Å². The van der Waals surface area contributed by atoms with Crippen LogP contribution in [0.3, 0.4) is 0 Å². The van der Waals surface area contributed by atoms with Gasteiger partial charge in [0.05, 0.1) is 11.6 Å². The second-order valence-electron chi connectivity index (χ2n) is 3.98. The van der Waals surface area contributed by atoms with Crippen molar-refractivity contribution in [3.63, 3.8) is 0 Å². The zero-order valence-corrected chi connectivity index (χ0v) is 10.6. The number of aromatic nitrogens is 2. The summed E-state index contributed by atoms with van der Waals surface area (Å²) in [5, 5.41) is 9.66. The minimum absolute atomic E-state index is 0.191. The third-order valence-electron chi connectivity index (χ3n) is 2.54. The molecule has 0 amide bonds. The van der Waals surface area contributed by atoms with Crippen LogP contribution in [0.4, 0.5) is 0 Å². The highest BCUT2D eigenvalue weighted by molar-refractivity contribution is 7.99. The average molecular weight is 254 g/mol. The minimum atomic E-state index is -0.983. The summed E-state index contributed by atoms with van der Waals surface area (Å²) in [6.07, 6.45) is 2.19. The molecule has 0 radical (unpaired) electrons. The number of aryl methyl sites for hydroxylation is 1. The molecule has 1 aliphatic rings. The molecule has 0 saturated heterocycles. The number of aromatic carboxylic acids is 1. The Morgan fingerprint density at radius 3 is 2.76 bits per heavy atom. The second kappa shape index (κ2) is 5.01. The van der Waals surface area contributed by atoms with Gasteiger partial charge < -0.3 is 9.84 Å². The molecular formula is C11H14N2O3S. The quantitative estimate of drug-likeness (QED) is 0.492. The van der Waals surface area contributed by atoms with Crippen LogP contribution in [-0.2, 0) is 4.74 Å². The Balaban J connectivity index is 2.38. The van der Waals surface area contributed by atoms with Crippen LogP contribution in [0.5, 0.6) is 0 Å². The Labute approximate surface area is 104 Å². The summed E-state index contributed by atoms with van der Waals surface area (Å²) in [7, 11) is 1.57. The molecule has 0 aromatic carbocycles. The molecule has 1 saturated carbocycles.